The summed E-state index contributed by atoms with van der Waals surface area (Å²) in [6.45, 7) is 1.41. The molecule has 0 saturated heterocycles. The number of hydrogen-bond donors (Lipinski definition) is 1. The molecular weight excluding hydrogens is 208 g/mol. The van der Waals surface area contributed by atoms with Gasteiger partial charge in [-0.05, 0) is 12.5 Å². The van der Waals surface area contributed by atoms with E-state index in [2.05, 4.69) is 4.98 Å². The summed E-state index contributed by atoms with van der Waals surface area (Å²) < 4.78 is 4.95. The molecule has 1 rings (SSSR count). The number of ether oxygens (including phenoxy) is 1. The van der Waals surface area contributed by atoms with Crippen LogP contribution in [0, 0.1) is 0 Å². The van der Waals surface area contributed by atoms with Crippen LogP contribution in [0.2, 0.25) is 0 Å². The van der Waals surface area contributed by atoms with Crippen molar-refractivity contribution in [2.75, 3.05) is 32.2 Å². The molecule has 0 aliphatic carbocycles. The molecule has 0 aliphatic rings. The van der Waals surface area contributed by atoms with Crippen LogP contribution >= 0.6 is 0 Å². The lowest BCUT2D eigenvalue weighted by Gasteiger charge is -2.20. The van der Waals surface area contributed by atoms with Crippen molar-refractivity contribution >= 4 is 11.7 Å². The maximum atomic E-state index is 11.0. The number of hydrogen-bond acceptors (Lipinski definition) is 4. The van der Waals surface area contributed by atoms with Crippen molar-refractivity contribution in [2.45, 2.75) is 6.42 Å². The number of carboxylic acid groups (broad SMARTS) is 1. The highest BCUT2D eigenvalue weighted by Gasteiger charge is 2.12. The van der Waals surface area contributed by atoms with E-state index in [0.29, 0.717) is 12.3 Å². The zero-order chi connectivity index (χ0) is 12.0. The van der Waals surface area contributed by atoms with Crippen LogP contribution in [-0.2, 0) is 4.74 Å². The average Bonchev–Trinajstić information content (AvgIpc) is 2.29. The lowest BCUT2D eigenvalue weighted by molar-refractivity contribution is 0.0697. The van der Waals surface area contributed by atoms with Crippen LogP contribution in [0.15, 0.2) is 18.5 Å². The largest absolute Gasteiger partial charge is 0.478 e. The first-order chi connectivity index (χ1) is 7.66. The second-order valence-corrected chi connectivity index (χ2v) is 3.47. The van der Waals surface area contributed by atoms with Crippen molar-refractivity contribution in [1.29, 1.82) is 0 Å². The van der Waals surface area contributed by atoms with Gasteiger partial charge in [-0.15, -0.1) is 0 Å². The van der Waals surface area contributed by atoms with E-state index in [1.165, 1.54) is 6.20 Å². The third-order valence-electron chi connectivity index (χ3n) is 2.28. The number of rotatable bonds is 6. The topological polar surface area (TPSA) is 62.7 Å². The molecule has 1 aromatic rings. The summed E-state index contributed by atoms with van der Waals surface area (Å²) in [7, 11) is 3.51. The van der Waals surface area contributed by atoms with Crippen LogP contribution in [0.25, 0.3) is 0 Å². The Morgan fingerprint density at radius 3 is 3.00 bits per heavy atom. The lowest BCUT2D eigenvalue weighted by atomic mass is 10.2. The van der Waals surface area contributed by atoms with E-state index in [4.69, 9.17) is 9.84 Å². The molecule has 0 aromatic carbocycles. The zero-order valence-electron chi connectivity index (χ0n) is 9.51. The first-order valence-electron chi connectivity index (χ1n) is 5.04. The highest BCUT2D eigenvalue weighted by molar-refractivity contribution is 5.93. The second kappa shape index (κ2) is 6.07. The molecule has 0 fully saturated rings. The molecule has 0 atom stereocenters. The first-order valence-corrected chi connectivity index (χ1v) is 5.04. The van der Waals surface area contributed by atoms with Crippen molar-refractivity contribution in [3.63, 3.8) is 0 Å². The van der Waals surface area contributed by atoms with Gasteiger partial charge in [0.1, 0.15) is 5.56 Å². The third-order valence-corrected chi connectivity index (χ3v) is 2.28. The Morgan fingerprint density at radius 1 is 1.62 bits per heavy atom. The molecule has 1 aromatic heterocycles. The fourth-order valence-electron chi connectivity index (χ4n) is 1.45. The highest BCUT2D eigenvalue weighted by atomic mass is 16.5. The molecule has 16 heavy (non-hydrogen) atoms. The minimum atomic E-state index is -0.957. The first kappa shape index (κ1) is 12.4. The molecule has 0 unspecified atom stereocenters. The van der Waals surface area contributed by atoms with Gasteiger partial charge < -0.3 is 14.7 Å². The number of nitrogens with zero attached hydrogens (tertiary/aromatic N) is 2. The van der Waals surface area contributed by atoms with Gasteiger partial charge in [-0.1, -0.05) is 0 Å². The van der Waals surface area contributed by atoms with Gasteiger partial charge in [0.25, 0.3) is 0 Å². The molecule has 0 spiro atoms. The van der Waals surface area contributed by atoms with Gasteiger partial charge in [0.2, 0.25) is 0 Å². The molecule has 5 nitrogen and oxygen atoms in total. The Bertz CT molecular complexity index is 355. The molecule has 0 amide bonds. The van der Waals surface area contributed by atoms with Crippen molar-refractivity contribution in [3.05, 3.63) is 24.0 Å². The molecule has 0 saturated carbocycles. The summed E-state index contributed by atoms with van der Waals surface area (Å²) in [6.07, 6.45) is 3.81. The normalized spacial score (nSPS) is 10.1. The number of aromatic carboxylic acids is 1. The Hall–Kier alpha value is -1.62. The number of carboxylic acids is 1. The fraction of sp³-hybridized carbons (Fsp3) is 0.455. The van der Waals surface area contributed by atoms with Gasteiger partial charge in [0.05, 0.1) is 5.69 Å². The molecule has 88 valence electrons. The lowest BCUT2D eigenvalue weighted by Crippen LogP contribution is -2.22. The van der Waals surface area contributed by atoms with Crippen LogP contribution in [0.4, 0.5) is 5.69 Å². The van der Waals surface area contributed by atoms with Crippen LogP contribution in [-0.4, -0.2) is 43.4 Å². The van der Waals surface area contributed by atoms with Crippen molar-refractivity contribution in [3.8, 4) is 0 Å². The summed E-state index contributed by atoms with van der Waals surface area (Å²) >= 11 is 0. The summed E-state index contributed by atoms with van der Waals surface area (Å²) in [4.78, 5) is 16.7. The van der Waals surface area contributed by atoms with E-state index >= 15 is 0 Å². The molecule has 0 radical (unpaired) electrons. The predicted octanol–water partition coefficient (Wildman–Crippen LogP) is 1.25. The van der Waals surface area contributed by atoms with Gasteiger partial charge in [-0.25, -0.2) is 4.79 Å². The van der Waals surface area contributed by atoms with E-state index in [1.54, 1.807) is 19.4 Å². The van der Waals surface area contributed by atoms with Crippen LogP contribution in [0.3, 0.4) is 0 Å². The summed E-state index contributed by atoms with van der Waals surface area (Å²) in [5, 5.41) is 8.99. The van der Waals surface area contributed by atoms with Crippen molar-refractivity contribution in [1.82, 2.24) is 4.98 Å². The SMILES string of the molecule is COCCCN(C)c1ccncc1C(=O)O. The Balaban J connectivity index is 2.74. The highest BCUT2D eigenvalue weighted by Crippen LogP contribution is 2.17. The van der Waals surface area contributed by atoms with Gasteiger partial charge in [-0.2, -0.15) is 0 Å². The maximum absolute atomic E-state index is 11.0. The smallest absolute Gasteiger partial charge is 0.339 e. The number of aromatic nitrogens is 1. The maximum Gasteiger partial charge on any atom is 0.339 e. The molecule has 0 aliphatic heterocycles. The van der Waals surface area contributed by atoms with E-state index in [9.17, 15) is 4.79 Å². The minimum Gasteiger partial charge on any atom is -0.478 e. The van der Waals surface area contributed by atoms with Gasteiger partial charge in [0, 0.05) is 39.7 Å². The zero-order valence-corrected chi connectivity index (χ0v) is 9.51. The quantitative estimate of drug-likeness (QED) is 0.737. The fourth-order valence-corrected chi connectivity index (χ4v) is 1.45. The number of pyridine rings is 1. The Kier molecular flexibility index (Phi) is 4.72. The van der Waals surface area contributed by atoms with Crippen molar-refractivity contribution in [2.24, 2.45) is 0 Å². The van der Waals surface area contributed by atoms with Gasteiger partial charge in [-0.3, -0.25) is 4.98 Å². The molecule has 0 bridgehead atoms. The third kappa shape index (κ3) is 3.20. The standard InChI is InChI=1S/C11H16N2O3/c1-13(6-3-7-16-2)10-4-5-12-8-9(10)11(14)15/h4-5,8H,3,6-7H2,1-2H3,(H,14,15). The van der Waals surface area contributed by atoms with Gasteiger partial charge >= 0.3 is 5.97 Å². The Labute approximate surface area is 94.7 Å². The number of carbonyl (C=O) groups is 1. The van der Waals surface area contributed by atoms with Crippen LogP contribution in [0.1, 0.15) is 16.8 Å². The summed E-state index contributed by atoms with van der Waals surface area (Å²) in [6, 6.07) is 1.70. The van der Waals surface area contributed by atoms with Crippen LogP contribution < -0.4 is 4.90 Å². The van der Waals surface area contributed by atoms with Crippen molar-refractivity contribution < 1.29 is 14.6 Å². The molecule has 1 N–H and O–H groups in total. The van der Waals surface area contributed by atoms with Crippen LogP contribution in [0.5, 0.6) is 0 Å². The van der Waals surface area contributed by atoms with E-state index in [0.717, 1.165) is 13.0 Å². The average molecular weight is 224 g/mol. The van der Waals surface area contributed by atoms with Gasteiger partial charge in [0.15, 0.2) is 0 Å². The molecule has 1 heterocycles. The molecular formula is C11H16N2O3. The Morgan fingerprint density at radius 2 is 2.38 bits per heavy atom. The summed E-state index contributed by atoms with van der Waals surface area (Å²) in [5.74, 6) is -0.957. The number of anilines is 1. The van der Waals surface area contributed by atoms with E-state index in [-0.39, 0.29) is 5.56 Å². The van der Waals surface area contributed by atoms with E-state index in [1.807, 2.05) is 11.9 Å². The summed E-state index contributed by atoms with van der Waals surface area (Å²) in [5.41, 5.74) is 0.904. The monoisotopic (exact) mass is 224 g/mol. The van der Waals surface area contributed by atoms with E-state index < -0.39 is 5.97 Å². The predicted molar refractivity (Wildman–Crippen MR) is 61.0 cm³/mol. The molecule has 5 heteroatoms. The number of methoxy groups -OCH3 is 1. The second-order valence-electron chi connectivity index (χ2n) is 3.47. The minimum absolute atomic E-state index is 0.224.